The van der Waals surface area contributed by atoms with E-state index in [0.29, 0.717) is 0 Å². The largest absolute Gasteiger partial charge is 0.405 e. The topological polar surface area (TPSA) is 116 Å². The number of nitrogens with one attached hydrogen (secondary N) is 2. The first-order valence-corrected chi connectivity index (χ1v) is 4.02. The normalized spacial score (nSPS) is 10.7. The van der Waals surface area contributed by atoms with Gasteiger partial charge in [0.15, 0.2) is 0 Å². The molecule has 0 saturated carbocycles. The lowest BCUT2D eigenvalue weighted by atomic mass is 10.2. The van der Waals surface area contributed by atoms with E-state index in [1.54, 1.807) is 0 Å². The standard InChI is InChI=1S/C8H6N2O5/c11-2-3-1-4(12)15-7-5(3)6(13)9-8(14)10-7/h1,11H,2H2,(H2,9,10,13,14). The molecule has 0 saturated heterocycles. The van der Waals surface area contributed by atoms with Gasteiger partial charge < -0.3 is 9.52 Å². The van der Waals surface area contributed by atoms with Gasteiger partial charge in [-0.2, -0.15) is 0 Å². The van der Waals surface area contributed by atoms with Crippen LogP contribution < -0.4 is 16.9 Å². The van der Waals surface area contributed by atoms with E-state index in [-0.39, 0.29) is 16.7 Å². The Bertz CT molecular complexity index is 672. The van der Waals surface area contributed by atoms with Crippen LogP contribution in [0.3, 0.4) is 0 Å². The SMILES string of the molecule is O=c1[nH]c(=O)c2c(CO)cc(=O)oc2[nH]1. The molecule has 0 spiro atoms. The molecular formula is C8H6N2O5. The first-order chi connectivity index (χ1) is 7.11. The molecule has 0 aliphatic rings. The molecule has 2 aromatic rings. The number of hydrogen-bond acceptors (Lipinski definition) is 5. The van der Waals surface area contributed by atoms with Crippen LogP contribution in [0.25, 0.3) is 11.1 Å². The fourth-order valence-electron chi connectivity index (χ4n) is 1.30. The van der Waals surface area contributed by atoms with Crippen molar-refractivity contribution in [3.63, 3.8) is 0 Å². The molecule has 0 fully saturated rings. The highest BCUT2D eigenvalue weighted by Gasteiger charge is 2.09. The van der Waals surface area contributed by atoms with Gasteiger partial charge in [-0.25, -0.2) is 9.59 Å². The summed E-state index contributed by atoms with van der Waals surface area (Å²) in [4.78, 5) is 37.3. The van der Waals surface area contributed by atoms with Crippen molar-refractivity contribution in [3.05, 3.63) is 42.9 Å². The van der Waals surface area contributed by atoms with E-state index in [9.17, 15) is 14.4 Å². The lowest BCUT2D eigenvalue weighted by Gasteiger charge is -1.99. The summed E-state index contributed by atoms with van der Waals surface area (Å²) in [6.45, 7) is -0.489. The number of hydrogen-bond donors (Lipinski definition) is 3. The molecule has 2 heterocycles. The Morgan fingerprint density at radius 3 is 2.67 bits per heavy atom. The lowest BCUT2D eigenvalue weighted by Crippen LogP contribution is -2.24. The molecule has 7 heteroatoms. The van der Waals surface area contributed by atoms with Crippen molar-refractivity contribution in [1.29, 1.82) is 0 Å². The third kappa shape index (κ3) is 1.48. The molecule has 0 aromatic carbocycles. The Labute approximate surface area is 81.0 Å². The summed E-state index contributed by atoms with van der Waals surface area (Å²) in [5, 5.41) is 8.90. The van der Waals surface area contributed by atoms with Gasteiger partial charge in [0.05, 0.1) is 6.61 Å². The van der Waals surface area contributed by atoms with Crippen LogP contribution in [-0.2, 0) is 6.61 Å². The zero-order valence-corrected chi connectivity index (χ0v) is 7.36. The van der Waals surface area contributed by atoms with Gasteiger partial charge >= 0.3 is 11.3 Å². The summed E-state index contributed by atoms with van der Waals surface area (Å²) in [7, 11) is 0. The molecule has 7 nitrogen and oxygen atoms in total. The van der Waals surface area contributed by atoms with Gasteiger partial charge in [-0.3, -0.25) is 14.8 Å². The Hall–Kier alpha value is -2.15. The Morgan fingerprint density at radius 2 is 2.00 bits per heavy atom. The predicted octanol–water partition coefficient (Wildman–Crippen LogP) is -1.34. The highest BCUT2D eigenvalue weighted by molar-refractivity contribution is 5.74. The Balaban J connectivity index is 3.10. The molecule has 0 amide bonds. The summed E-state index contributed by atoms with van der Waals surface area (Å²) in [5.74, 6) is 0. The van der Waals surface area contributed by atoms with Crippen molar-refractivity contribution >= 4 is 11.1 Å². The lowest BCUT2D eigenvalue weighted by molar-refractivity contribution is 0.282. The molecule has 0 radical (unpaired) electrons. The van der Waals surface area contributed by atoms with E-state index in [2.05, 4.69) is 9.40 Å². The van der Waals surface area contributed by atoms with Gasteiger partial charge in [-0.1, -0.05) is 0 Å². The number of aromatic amines is 2. The average molecular weight is 210 g/mol. The molecule has 78 valence electrons. The van der Waals surface area contributed by atoms with Gasteiger partial charge in [0.1, 0.15) is 5.39 Å². The Kier molecular flexibility index (Phi) is 2.01. The van der Waals surface area contributed by atoms with Gasteiger partial charge in [0, 0.05) is 11.6 Å². The molecule has 0 atom stereocenters. The molecule has 0 aliphatic heterocycles. The van der Waals surface area contributed by atoms with Crippen LogP contribution in [0.15, 0.2) is 24.9 Å². The molecule has 2 aromatic heterocycles. The van der Waals surface area contributed by atoms with Crippen LogP contribution in [0, 0.1) is 0 Å². The number of aliphatic hydroxyl groups is 1. The van der Waals surface area contributed by atoms with Crippen LogP contribution >= 0.6 is 0 Å². The fourth-order valence-corrected chi connectivity index (χ4v) is 1.30. The summed E-state index contributed by atoms with van der Waals surface area (Å²) in [6.07, 6.45) is 0. The minimum absolute atomic E-state index is 0.0308. The maximum Gasteiger partial charge on any atom is 0.337 e. The van der Waals surface area contributed by atoms with E-state index < -0.39 is 23.5 Å². The first-order valence-electron chi connectivity index (χ1n) is 4.02. The number of rotatable bonds is 1. The van der Waals surface area contributed by atoms with E-state index in [1.807, 2.05) is 4.98 Å². The first kappa shape index (κ1) is 9.41. The molecule has 3 N–H and O–H groups in total. The summed E-state index contributed by atoms with van der Waals surface area (Å²) in [5.41, 5.74) is -2.35. The molecular weight excluding hydrogens is 204 g/mol. The van der Waals surface area contributed by atoms with E-state index in [4.69, 9.17) is 5.11 Å². The minimum atomic E-state index is -0.772. The van der Waals surface area contributed by atoms with E-state index >= 15 is 0 Å². The second-order valence-electron chi connectivity index (χ2n) is 2.86. The van der Waals surface area contributed by atoms with Crippen LogP contribution in [0.5, 0.6) is 0 Å². The van der Waals surface area contributed by atoms with Gasteiger partial charge in [-0.15, -0.1) is 0 Å². The minimum Gasteiger partial charge on any atom is -0.405 e. The van der Waals surface area contributed by atoms with Crippen LogP contribution in [-0.4, -0.2) is 15.1 Å². The molecule has 2 rings (SSSR count). The Morgan fingerprint density at radius 1 is 1.27 bits per heavy atom. The second kappa shape index (κ2) is 3.21. The van der Waals surface area contributed by atoms with Crippen LogP contribution in [0.2, 0.25) is 0 Å². The zero-order chi connectivity index (χ0) is 11.0. The number of fused-ring (bicyclic) bond motifs is 1. The van der Waals surface area contributed by atoms with Gasteiger partial charge in [0.25, 0.3) is 5.56 Å². The van der Waals surface area contributed by atoms with Crippen LogP contribution in [0.1, 0.15) is 5.56 Å². The van der Waals surface area contributed by atoms with Crippen LogP contribution in [0.4, 0.5) is 0 Å². The predicted molar refractivity (Wildman–Crippen MR) is 49.6 cm³/mol. The summed E-state index contributed by atoms with van der Waals surface area (Å²) >= 11 is 0. The van der Waals surface area contributed by atoms with Gasteiger partial charge in [-0.05, 0) is 0 Å². The van der Waals surface area contributed by atoms with E-state index in [1.165, 1.54) is 0 Å². The number of aliphatic hydroxyl groups excluding tert-OH is 1. The van der Waals surface area contributed by atoms with Crippen molar-refractivity contribution < 1.29 is 9.52 Å². The quantitative estimate of drug-likeness (QED) is 0.538. The van der Waals surface area contributed by atoms with Crippen molar-refractivity contribution in [2.75, 3.05) is 0 Å². The van der Waals surface area contributed by atoms with Crippen molar-refractivity contribution in [2.45, 2.75) is 6.61 Å². The second-order valence-corrected chi connectivity index (χ2v) is 2.86. The van der Waals surface area contributed by atoms with Crippen molar-refractivity contribution in [1.82, 2.24) is 9.97 Å². The highest BCUT2D eigenvalue weighted by atomic mass is 16.4. The fraction of sp³-hybridized carbons (Fsp3) is 0.125. The number of aromatic nitrogens is 2. The molecule has 0 bridgehead atoms. The van der Waals surface area contributed by atoms with Crippen molar-refractivity contribution in [2.24, 2.45) is 0 Å². The summed E-state index contributed by atoms with van der Waals surface area (Å²) < 4.78 is 4.62. The zero-order valence-electron chi connectivity index (χ0n) is 7.36. The van der Waals surface area contributed by atoms with Gasteiger partial charge in [0.2, 0.25) is 5.71 Å². The average Bonchev–Trinajstić information content (AvgIpc) is 2.14. The van der Waals surface area contributed by atoms with E-state index in [0.717, 1.165) is 6.07 Å². The molecule has 0 aliphatic carbocycles. The maximum atomic E-state index is 11.3. The third-order valence-corrected chi connectivity index (χ3v) is 1.89. The maximum absolute atomic E-state index is 11.3. The monoisotopic (exact) mass is 210 g/mol. The van der Waals surface area contributed by atoms with Crippen molar-refractivity contribution in [3.8, 4) is 0 Å². The molecule has 0 unspecified atom stereocenters. The summed E-state index contributed by atoms with van der Waals surface area (Å²) in [6, 6.07) is 0.996. The highest BCUT2D eigenvalue weighted by Crippen LogP contribution is 2.07. The third-order valence-electron chi connectivity index (χ3n) is 1.89. The molecule has 15 heavy (non-hydrogen) atoms. The smallest absolute Gasteiger partial charge is 0.337 e. The number of H-pyrrole nitrogens is 2.